The highest BCUT2D eigenvalue weighted by molar-refractivity contribution is 7.90. The monoisotopic (exact) mass is 438 g/mol. The number of nitrogens with one attached hydrogen (secondary N) is 1. The normalized spacial score (nSPS) is 17.1. The van der Waals surface area contributed by atoms with Gasteiger partial charge >= 0.3 is 0 Å². The van der Waals surface area contributed by atoms with E-state index >= 15 is 0 Å². The van der Waals surface area contributed by atoms with E-state index in [9.17, 15) is 13.2 Å². The van der Waals surface area contributed by atoms with Crippen LogP contribution in [0.1, 0.15) is 35.7 Å². The predicted octanol–water partition coefficient (Wildman–Crippen LogP) is 2.27. The molecule has 1 aliphatic heterocycles. The summed E-state index contributed by atoms with van der Waals surface area (Å²) >= 11 is 0. The maximum Gasteiger partial charge on any atom is 0.256 e. The summed E-state index contributed by atoms with van der Waals surface area (Å²) in [6.45, 7) is 2.42. The maximum absolute atomic E-state index is 13.1. The molecule has 1 aliphatic carbocycles. The van der Waals surface area contributed by atoms with Crippen molar-refractivity contribution in [2.45, 2.75) is 37.2 Å². The van der Waals surface area contributed by atoms with E-state index in [-0.39, 0.29) is 28.2 Å². The number of hydrogen-bond donors (Lipinski definition) is 2. The Morgan fingerprint density at radius 2 is 2.00 bits per heavy atom. The highest BCUT2D eigenvalue weighted by Gasteiger charge is 2.40. The Labute approximate surface area is 179 Å². The molecular formula is C21H22N6O3S. The number of nitrogens with two attached hydrogens (primary N) is 1. The number of carbonyl (C=O) groups excluding carboxylic acids is 1. The van der Waals surface area contributed by atoms with E-state index in [1.165, 1.54) is 12.3 Å². The van der Waals surface area contributed by atoms with E-state index in [0.29, 0.717) is 40.5 Å². The zero-order valence-corrected chi connectivity index (χ0v) is 18.0. The topological polar surface area (TPSA) is 135 Å². The van der Waals surface area contributed by atoms with E-state index < -0.39 is 9.84 Å². The minimum Gasteiger partial charge on any atom is -0.382 e. The van der Waals surface area contributed by atoms with Crippen molar-refractivity contribution in [3.8, 4) is 22.5 Å². The van der Waals surface area contributed by atoms with Gasteiger partial charge in [-0.25, -0.2) is 18.4 Å². The quantitative estimate of drug-likeness (QED) is 0.624. The molecule has 2 aromatic heterocycles. The second kappa shape index (κ2) is 6.88. The Morgan fingerprint density at radius 3 is 2.65 bits per heavy atom. The Balaban J connectivity index is 1.64. The molecule has 0 unspecified atom stereocenters. The highest BCUT2D eigenvalue weighted by atomic mass is 32.2. The summed E-state index contributed by atoms with van der Waals surface area (Å²) in [5.41, 5.74) is 9.13. The average Bonchev–Trinajstić information content (AvgIpc) is 3.33. The molecule has 3 aromatic rings. The number of fused-ring (bicyclic) bond motifs is 1. The molecule has 0 spiro atoms. The first-order chi connectivity index (χ1) is 14.7. The van der Waals surface area contributed by atoms with Crippen molar-refractivity contribution in [1.82, 2.24) is 25.1 Å². The average molecular weight is 439 g/mol. The third-order valence-corrected chi connectivity index (χ3v) is 7.18. The van der Waals surface area contributed by atoms with Crippen LogP contribution in [-0.4, -0.2) is 51.7 Å². The fourth-order valence-corrected chi connectivity index (χ4v) is 5.10. The van der Waals surface area contributed by atoms with Gasteiger partial charge in [-0.3, -0.25) is 9.89 Å². The van der Waals surface area contributed by atoms with Crippen LogP contribution in [0.4, 0.5) is 5.82 Å². The van der Waals surface area contributed by atoms with Crippen LogP contribution in [0.15, 0.2) is 35.6 Å². The molecule has 31 heavy (non-hydrogen) atoms. The molecule has 0 bridgehead atoms. The van der Waals surface area contributed by atoms with Crippen molar-refractivity contribution >= 4 is 21.6 Å². The number of amides is 1. The van der Waals surface area contributed by atoms with Crippen molar-refractivity contribution in [2.75, 3.05) is 12.0 Å². The molecular weight excluding hydrogens is 416 g/mol. The summed E-state index contributed by atoms with van der Waals surface area (Å²) in [6, 6.07) is 3.43. The number of carbonyl (C=O) groups is 1. The van der Waals surface area contributed by atoms with Gasteiger partial charge in [-0.05, 0) is 43.4 Å². The number of aromatic nitrogens is 4. The van der Waals surface area contributed by atoms with Crippen LogP contribution in [-0.2, 0) is 16.4 Å². The van der Waals surface area contributed by atoms with Crippen LogP contribution in [0.25, 0.3) is 22.5 Å². The molecule has 1 aromatic carbocycles. The molecule has 1 amide bonds. The molecule has 5 rings (SSSR count). The minimum atomic E-state index is -3.64. The number of sulfone groups is 1. The van der Waals surface area contributed by atoms with Gasteiger partial charge in [-0.15, -0.1) is 0 Å². The smallest absolute Gasteiger partial charge is 0.256 e. The van der Waals surface area contributed by atoms with E-state index in [1.54, 1.807) is 17.3 Å². The highest BCUT2D eigenvalue weighted by Crippen LogP contribution is 2.40. The molecule has 1 atom stereocenters. The van der Waals surface area contributed by atoms with Crippen molar-refractivity contribution in [3.63, 3.8) is 0 Å². The summed E-state index contributed by atoms with van der Waals surface area (Å²) in [5.74, 6) is 0.512. The standard InChI is InChI=1S/C21H22N6O3S/c1-11(12-3-4-12)27-10-14-5-13(6-17(31(2,29)30)18(14)21(27)28)16-9-23-20(22)19(26-16)15-7-24-25-8-15/h5-9,11-12H,3-4,10H2,1-2H3,(H2,22,23)(H,24,25)/t11-/m0/s1. The van der Waals surface area contributed by atoms with Gasteiger partial charge in [0.2, 0.25) is 0 Å². The Bertz CT molecular complexity index is 1300. The van der Waals surface area contributed by atoms with Crippen LogP contribution in [0.5, 0.6) is 0 Å². The maximum atomic E-state index is 13.1. The van der Waals surface area contributed by atoms with Crippen molar-refractivity contribution < 1.29 is 13.2 Å². The molecule has 10 heteroatoms. The van der Waals surface area contributed by atoms with Crippen molar-refractivity contribution in [3.05, 3.63) is 41.9 Å². The first-order valence-corrected chi connectivity index (χ1v) is 11.9. The van der Waals surface area contributed by atoms with E-state index in [0.717, 1.165) is 19.1 Å². The lowest BCUT2D eigenvalue weighted by Gasteiger charge is -2.24. The largest absolute Gasteiger partial charge is 0.382 e. The lowest BCUT2D eigenvalue weighted by Crippen LogP contribution is -2.35. The van der Waals surface area contributed by atoms with Crippen LogP contribution in [0.2, 0.25) is 0 Å². The minimum absolute atomic E-state index is 0.0268. The Hall–Kier alpha value is -3.27. The van der Waals surface area contributed by atoms with Gasteiger partial charge in [0, 0.05) is 36.2 Å². The van der Waals surface area contributed by atoms with Gasteiger partial charge in [-0.2, -0.15) is 5.10 Å². The zero-order chi connectivity index (χ0) is 21.9. The molecule has 3 N–H and O–H groups in total. The third-order valence-electron chi connectivity index (χ3n) is 6.06. The number of benzene rings is 1. The number of nitrogen functional groups attached to an aromatic ring is 1. The molecule has 1 saturated carbocycles. The molecule has 0 saturated heterocycles. The summed E-state index contributed by atoms with van der Waals surface area (Å²) in [5, 5.41) is 6.63. The summed E-state index contributed by atoms with van der Waals surface area (Å²) < 4.78 is 25.2. The number of hydrogen-bond acceptors (Lipinski definition) is 7. The second-order valence-corrected chi connectivity index (χ2v) is 10.3. The summed E-state index contributed by atoms with van der Waals surface area (Å²) in [4.78, 5) is 23.8. The van der Waals surface area contributed by atoms with Gasteiger partial charge < -0.3 is 10.6 Å². The fraction of sp³-hybridized carbons (Fsp3) is 0.333. The van der Waals surface area contributed by atoms with Crippen molar-refractivity contribution in [2.24, 2.45) is 5.92 Å². The Morgan fingerprint density at radius 1 is 1.23 bits per heavy atom. The van der Waals surface area contributed by atoms with Gasteiger partial charge in [0.15, 0.2) is 9.84 Å². The first kappa shape index (κ1) is 19.7. The number of aromatic amines is 1. The third kappa shape index (κ3) is 3.36. The van der Waals surface area contributed by atoms with Gasteiger partial charge in [0.05, 0.1) is 28.5 Å². The van der Waals surface area contributed by atoms with Crippen LogP contribution in [0.3, 0.4) is 0 Å². The number of anilines is 1. The number of rotatable bonds is 5. The molecule has 9 nitrogen and oxygen atoms in total. The zero-order valence-electron chi connectivity index (χ0n) is 17.2. The molecule has 2 aliphatic rings. The van der Waals surface area contributed by atoms with E-state index in [1.807, 2.05) is 13.0 Å². The SMILES string of the molecule is C[C@@H](C1CC1)N1Cc2cc(-c3cnc(N)c(-c4cn[nH]c4)n3)cc(S(C)(=O)=O)c2C1=O. The van der Waals surface area contributed by atoms with Gasteiger partial charge in [-0.1, -0.05) is 0 Å². The number of nitrogens with zero attached hydrogens (tertiary/aromatic N) is 4. The van der Waals surface area contributed by atoms with E-state index in [2.05, 4.69) is 20.2 Å². The van der Waals surface area contributed by atoms with Crippen LogP contribution < -0.4 is 5.73 Å². The van der Waals surface area contributed by atoms with Crippen LogP contribution in [0, 0.1) is 5.92 Å². The van der Waals surface area contributed by atoms with Gasteiger partial charge in [0.1, 0.15) is 11.5 Å². The first-order valence-electron chi connectivity index (χ1n) is 10.0. The second-order valence-electron chi connectivity index (χ2n) is 8.27. The van der Waals surface area contributed by atoms with Crippen molar-refractivity contribution in [1.29, 1.82) is 0 Å². The summed E-state index contributed by atoms with van der Waals surface area (Å²) in [6.07, 6.45) is 8.08. The van der Waals surface area contributed by atoms with Gasteiger partial charge in [0.25, 0.3) is 5.91 Å². The van der Waals surface area contributed by atoms with Crippen LogP contribution >= 0.6 is 0 Å². The lowest BCUT2D eigenvalue weighted by atomic mass is 10.0. The molecule has 3 heterocycles. The molecule has 1 fully saturated rings. The van der Waals surface area contributed by atoms with E-state index in [4.69, 9.17) is 5.73 Å². The predicted molar refractivity (Wildman–Crippen MR) is 115 cm³/mol. The molecule has 160 valence electrons. The molecule has 0 radical (unpaired) electrons. The summed E-state index contributed by atoms with van der Waals surface area (Å²) in [7, 11) is -3.64. The lowest BCUT2D eigenvalue weighted by molar-refractivity contribution is 0.0694. The number of H-pyrrole nitrogens is 1. The Kier molecular flexibility index (Phi) is 4.37. The fourth-order valence-electron chi connectivity index (χ4n) is 4.17.